The first-order chi connectivity index (χ1) is 11.3. The molecule has 0 spiro atoms. The minimum Gasteiger partial charge on any atom is -0.466 e. The second-order valence-corrected chi connectivity index (χ2v) is 6.02. The number of unbranched alkanes of at least 4 members (excludes halogenated alkanes) is 7. The van der Waals surface area contributed by atoms with E-state index in [4.69, 9.17) is 14.2 Å². The molecule has 0 amide bonds. The maximum atomic E-state index is 11.5. The third-order valence-corrected chi connectivity index (χ3v) is 3.69. The normalized spacial score (nSPS) is 10.9. The number of carbonyl (C=O) groups excluding carboxylic acids is 1. The number of ether oxygens (including phenoxy) is 3. The van der Waals surface area contributed by atoms with Crippen molar-refractivity contribution < 1.29 is 19.0 Å². The van der Waals surface area contributed by atoms with Crippen molar-refractivity contribution in [3.8, 4) is 0 Å². The minimum absolute atomic E-state index is 0.0991. The van der Waals surface area contributed by atoms with Crippen molar-refractivity contribution in [3.63, 3.8) is 0 Å². The van der Waals surface area contributed by atoms with Crippen molar-refractivity contribution in [3.05, 3.63) is 0 Å². The van der Waals surface area contributed by atoms with Crippen LogP contribution in [0.15, 0.2) is 0 Å². The number of hydrogen-bond acceptors (Lipinski definition) is 4. The molecule has 4 nitrogen and oxygen atoms in total. The van der Waals surface area contributed by atoms with E-state index in [0.29, 0.717) is 32.8 Å². The van der Waals surface area contributed by atoms with E-state index in [1.54, 1.807) is 0 Å². The lowest BCUT2D eigenvalue weighted by Crippen LogP contribution is -2.09. The molecule has 138 valence electrons. The highest BCUT2D eigenvalue weighted by molar-refractivity contribution is 5.69. The van der Waals surface area contributed by atoms with Crippen LogP contribution in [-0.2, 0) is 19.0 Å². The third kappa shape index (κ3) is 19.3. The van der Waals surface area contributed by atoms with Crippen LogP contribution in [0.5, 0.6) is 0 Å². The Balaban J connectivity index is 3.13. The maximum Gasteiger partial charge on any atom is 0.305 e. The molecular formula is C19H38O4. The summed E-state index contributed by atoms with van der Waals surface area (Å²) in [6.07, 6.45) is 12.0. The Kier molecular flexibility index (Phi) is 18.9. The van der Waals surface area contributed by atoms with Crippen LogP contribution in [0.3, 0.4) is 0 Å². The van der Waals surface area contributed by atoms with Crippen LogP contribution in [0.25, 0.3) is 0 Å². The summed E-state index contributed by atoms with van der Waals surface area (Å²) >= 11 is 0. The summed E-state index contributed by atoms with van der Waals surface area (Å²) in [5.41, 5.74) is 0. The van der Waals surface area contributed by atoms with Crippen molar-refractivity contribution in [1.82, 2.24) is 0 Å². The molecule has 0 unspecified atom stereocenters. The molecule has 4 heteroatoms. The number of hydrogen-bond donors (Lipinski definition) is 0. The lowest BCUT2D eigenvalue weighted by molar-refractivity contribution is -0.144. The summed E-state index contributed by atoms with van der Waals surface area (Å²) in [4.78, 5) is 11.5. The molecule has 0 saturated heterocycles. The van der Waals surface area contributed by atoms with Gasteiger partial charge in [0.2, 0.25) is 0 Å². The largest absolute Gasteiger partial charge is 0.466 e. The van der Waals surface area contributed by atoms with Gasteiger partial charge < -0.3 is 14.2 Å². The van der Waals surface area contributed by atoms with Crippen LogP contribution in [0.2, 0.25) is 0 Å². The van der Waals surface area contributed by atoms with E-state index in [2.05, 4.69) is 13.8 Å². The second-order valence-electron chi connectivity index (χ2n) is 6.02. The van der Waals surface area contributed by atoms with Crippen molar-refractivity contribution in [2.75, 3.05) is 33.0 Å². The fraction of sp³-hybridized carbons (Fsp3) is 0.947. The fourth-order valence-corrected chi connectivity index (χ4v) is 2.24. The van der Waals surface area contributed by atoms with Gasteiger partial charge in [0, 0.05) is 19.6 Å². The summed E-state index contributed by atoms with van der Waals surface area (Å²) < 4.78 is 16.1. The van der Waals surface area contributed by atoms with Gasteiger partial charge in [-0.25, -0.2) is 0 Å². The van der Waals surface area contributed by atoms with Gasteiger partial charge in [0.25, 0.3) is 0 Å². The molecule has 0 aliphatic carbocycles. The molecule has 0 bridgehead atoms. The standard InChI is InChI=1S/C19H38O4/c1-3-5-7-8-9-11-16-23-19(20)13-12-15-22-18-17-21-14-10-6-4-2/h3-18H2,1-2H3. The highest BCUT2D eigenvalue weighted by Gasteiger charge is 2.02. The summed E-state index contributed by atoms with van der Waals surface area (Å²) in [6.45, 7) is 7.64. The van der Waals surface area contributed by atoms with Gasteiger partial charge in [-0.05, 0) is 19.3 Å². The zero-order valence-corrected chi connectivity index (χ0v) is 15.4. The summed E-state index contributed by atoms with van der Waals surface area (Å²) in [7, 11) is 0. The molecule has 0 radical (unpaired) electrons. The first-order valence-electron chi connectivity index (χ1n) is 9.62. The Morgan fingerprint density at radius 2 is 1.13 bits per heavy atom. The van der Waals surface area contributed by atoms with E-state index in [-0.39, 0.29) is 5.97 Å². The van der Waals surface area contributed by atoms with Gasteiger partial charge in [0.15, 0.2) is 0 Å². The molecule has 0 heterocycles. The quantitative estimate of drug-likeness (QED) is 0.265. The molecule has 0 aromatic heterocycles. The molecule has 23 heavy (non-hydrogen) atoms. The molecule has 0 aromatic carbocycles. The zero-order valence-electron chi connectivity index (χ0n) is 15.4. The smallest absolute Gasteiger partial charge is 0.305 e. The Morgan fingerprint density at radius 1 is 0.609 bits per heavy atom. The van der Waals surface area contributed by atoms with Crippen LogP contribution in [0, 0.1) is 0 Å². The monoisotopic (exact) mass is 330 g/mol. The molecule has 0 fully saturated rings. The van der Waals surface area contributed by atoms with Gasteiger partial charge in [-0.2, -0.15) is 0 Å². The maximum absolute atomic E-state index is 11.5. The van der Waals surface area contributed by atoms with Gasteiger partial charge in [0.05, 0.1) is 19.8 Å². The van der Waals surface area contributed by atoms with E-state index in [1.807, 2.05) is 0 Å². The molecule has 0 aliphatic heterocycles. The number of rotatable bonds is 18. The lowest BCUT2D eigenvalue weighted by Gasteiger charge is -2.06. The van der Waals surface area contributed by atoms with E-state index >= 15 is 0 Å². The Morgan fingerprint density at radius 3 is 1.83 bits per heavy atom. The molecule has 0 aromatic rings. The van der Waals surface area contributed by atoms with Gasteiger partial charge in [0.1, 0.15) is 0 Å². The van der Waals surface area contributed by atoms with Crippen LogP contribution < -0.4 is 0 Å². The van der Waals surface area contributed by atoms with E-state index < -0.39 is 0 Å². The zero-order chi connectivity index (χ0) is 17.0. The Labute approximate surface area is 143 Å². The SMILES string of the molecule is CCCCCCCCOC(=O)CCCOCCOCCCCC. The van der Waals surface area contributed by atoms with Crippen molar-refractivity contribution in [2.45, 2.75) is 84.5 Å². The van der Waals surface area contributed by atoms with Crippen LogP contribution >= 0.6 is 0 Å². The Hall–Kier alpha value is -0.610. The first kappa shape index (κ1) is 22.4. The first-order valence-corrected chi connectivity index (χ1v) is 9.62. The fourth-order valence-electron chi connectivity index (χ4n) is 2.24. The topological polar surface area (TPSA) is 44.8 Å². The van der Waals surface area contributed by atoms with Gasteiger partial charge >= 0.3 is 5.97 Å². The minimum atomic E-state index is -0.0991. The second kappa shape index (κ2) is 19.4. The van der Waals surface area contributed by atoms with E-state index in [1.165, 1.54) is 38.5 Å². The summed E-state index contributed by atoms with van der Waals surface area (Å²) in [5.74, 6) is -0.0991. The van der Waals surface area contributed by atoms with Crippen molar-refractivity contribution in [1.29, 1.82) is 0 Å². The van der Waals surface area contributed by atoms with Gasteiger partial charge in [-0.15, -0.1) is 0 Å². The average Bonchev–Trinajstić information content (AvgIpc) is 2.55. The molecule has 0 aliphatic rings. The van der Waals surface area contributed by atoms with Crippen molar-refractivity contribution in [2.24, 2.45) is 0 Å². The Bertz CT molecular complexity index is 244. The summed E-state index contributed by atoms with van der Waals surface area (Å²) in [6, 6.07) is 0. The molecule has 0 atom stereocenters. The number of esters is 1. The molecular weight excluding hydrogens is 292 g/mol. The van der Waals surface area contributed by atoms with Crippen LogP contribution in [0.1, 0.15) is 84.5 Å². The average molecular weight is 331 g/mol. The number of carbonyl (C=O) groups is 1. The predicted octanol–water partition coefficient (Wildman–Crippen LogP) is 4.89. The third-order valence-electron chi connectivity index (χ3n) is 3.69. The van der Waals surface area contributed by atoms with E-state index in [9.17, 15) is 4.79 Å². The van der Waals surface area contributed by atoms with Crippen LogP contribution in [0.4, 0.5) is 0 Å². The van der Waals surface area contributed by atoms with Gasteiger partial charge in [-0.1, -0.05) is 58.8 Å². The van der Waals surface area contributed by atoms with E-state index in [0.717, 1.165) is 32.3 Å². The molecule has 0 N–H and O–H groups in total. The molecule has 0 saturated carbocycles. The highest BCUT2D eigenvalue weighted by atomic mass is 16.5. The van der Waals surface area contributed by atoms with Gasteiger partial charge in [-0.3, -0.25) is 4.79 Å². The molecule has 0 rings (SSSR count). The highest BCUT2D eigenvalue weighted by Crippen LogP contribution is 2.05. The van der Waals surface area contributed by atoms with Crippen LogP contribution in [-0.4, -0.2) is 39.0 Å². The van der Waals surface area contributed by atoms with Crippen molar-refractivity contribution >= 4 is 5.97 Å². The lowest BCUT2D eigenvalue weighted by atomic mass is 10.1. The predicted molar refractivity (Wildman–Crippen MR) is 94.7 cm³/mol. The summed E-state index contributed by atoms with van der Waals surface area (Å²) in [5, 5.41) is 0.